The van der Waals surface area contributed by atoms with Crippen molar-refractivity contribution in [3.63, 3.8) is 0 Å². The molecule has 0 saturated carbocycles. The fourth-order valence-corrected chi connectivity index (χ4v) is 5.30. The molecule has 0 spiro atoms. The minimum atomic E-state index is -3.11. The number of nitrogens with zero attached hydrogens (tertiary/aromatic N) is 1. The average molecular weight is 460 g/mol. The number of rotatable bonds is 10. The SMILES string of the molecule is Cc1cc(Cl)ccc1OCCCC(=O)OCC(=O)N(CC(C)C)C1CCS(=O)(=O)C1. The van der Waals surface area contributed by atoms with E-state index in [4.69, 9.17) is 21.1 Å². The Labute approximate surface area is 183 Å². The molecule has 1 aliphatic rings. The number of amides is 1. The zero-order valence-corrected chi connectivity index (χ0v) is 19.3. The van der Waals surface area contributed by atoms with Gasteiger partial charge >= 0.3 is 5.97 Å². The van der Waals surface area contributed by atoms with Crippen LogP contribution in [0.15, 0.2) is 18.2 Å². The Morgan fingerprint density at radius 2 is 2.03 bits per heavy atom. The van der Waals surface area contributed by atoms with Gasteiger partial charge in [-0.2, -0.15) is 0 Å². The summed E-state index contributed by atoms with van der Waals surface area (Å²) in [7, 11) is -3.11. The summed E-state index contributed by atoms with van der Waals surface area (Å²) in [6.45, 7) is 6.20. The van der Waals surface area contributed by atoms with Crippen LogP contribution < -0.4 is 4.74 Å². The second kappa shape index (κ2) is 11.0. The summed E-state index contributed by atoms with van der Waals surface area (Å²) in [5.74, 6) is 0.114. The molecule has 0 aliphatic carbocycles. The summed E-state index contributed by atoms with van der Waals surface area (Å²) in [6, 6.07) is 4.97. The van der Waals surface area contributed by atoms with Crippen molar-refractivity contribution in [3.05, 3.63) is 28.8 Å². The smallest absolute Gasteiger partial charge is 0.306 e. The number of hydrogen-bond donors (Lipinski definition) is 0. The molecule has 0 radical (unpaired) electrons. The number of carbonyl (C=O) groups excluding carboxylic acids is 2. The predicted octanol–water partition coefficient (Wildman–Crippen LogP) is 3.02. The molecule has 0 bridgehead atoms. The summed E-state index contributed by atoms with van der Waals surface area (Å²) in [6.07, 6.45) is 1.00. The Morgan fingerprint density at radius 1 is 1.30 bits per heavy atom. The molecule has 9 heteroatoms. The predicted molar refractivity (Wildman–Crippen MR) is 115 cm³/mol. The van der Waals surface area contributed by atoms with Gasteiger partial charge in [0.15, 0.2) is 16.4 Å². The molecule has 7 nitrogen and oxygen atoms in total. The topological polar surface area (TPSA) is 90.0 Å². The van der Waals surface area contributed by atoms with Crippen LogP contribution in [0.5, 0.6) is 5.75 Å². The number of halogens is 1. The lowest BCUT2D eigenvalue weighted by Crippen LogP contribution is -2.45. The number of ether oxygens (including phenoxy) is 2. The van der Waals surface area contributed by atoms with Gasteiger partial charge in [-0.15, -0.1) is 0 Å². The van der Waals surface area contributed by atoms with Gasteiger partial charge < -0.3 is 14.4 Å². The molecule has 1 aromatic rings. The van der Waals surface area contributed by atoms with Crippen molar-refractivity contribution in [2.45, 2.75) is 46.1 Å². The number of esters is 1. The van der Waals surface area contributed by atoms with E-state index in [2.05, 4.69) is 0 Å². The molecule has 168 valence electrons. The molecule has 2 rings (SSSR count). The van der Waals surface area contributed by atoms with Crippen LogP contribution in [0.4, 0.5) is 0 Å². The molecule has 1 aliphatic heterocycles. The quantitative estimate of drug-likeness (QED) is 0.394. The first-order chi connectivity index (χ1) is 14.1. The molecule has 1 atom stereocenters. The summed E-state index contributed by atoms with van der Waals surface area (Å²) in [5, 5.41) is 0.634. The molecule has 1 aromatic carbocycles. The molecule has 1 fully saturated rings. The second-order valence-electron chi connectivity index (χ2n) is 8.02. The van der Waals surface area contributed by atoms with E-state index >= 15 is 0 Å². The monoisotopic (exact) mass is 459 g/mol. The highest BCUT2D eigenvalue weighted by Crippen LogP contribution is 2.22. The maximum Gasteiger partial charge on any atom is 0.306 e. The van der Waals surface area contributed by atoms with Crippen molar-refractivity contribution in [1.82, 2.24) is 4.90 Å². The molecular weight excluding hydrogens is 430 g/mol. The summed E-state index contributed by atoms with van der Waals surface area (Å²) in [5.41, 5.74) is 0.912. The normalized spacial score (nSPS) is 17.7. The second-order valence-corrected chi connectivity index (χ2v) is 10.7. The molecule has 1 saturated heterocycles. The van der Waals surface area contributed by atoms with Crippen LogP contribution in [-0.2, 0) is 24.2 Å². The average Bonchev–Trinajstić information content (AvgIpc) is 3.02. The maximum absolute atomic E-state index is 12.6. The van der Waals surface area contributed by atoms with E-state index in [-0.39, 0.29) is 42.4 Å². The Hall–Kier alpha value is -1.80. The van der Waals surface area contributed by atoms with Gasteiger partial charge in [-0.05, 0) is 49.4 Å². The molecule has 1 unspecified atom stereocenters. The lowest BCUT2D eigenvalue weighted by atomic mass is 10.1. The van der Waals surface area contributed by atoms with Crippen molar-refractivity contribution in [3.8, 4) is 5.75 Å². The molecule has 0 N–H and O–H groups in total. The Bertz CT molecular complexity index is 855. The molecule has 0 aromatic heterocycles. The third kappa shape index (κ3) is 7.80. The van der Waals surface area contributed by atoms with E-state index in [1.54, 1.807) is 23.1 Å². The van der Waals surface area contributed by atoms with Gasteiger partial charge in [0.1, 0.15) is 5.75 Å². The van der Waals surface area contributed by atoms with Gasteiger partial charge in [0.25, 0.3) is 5.91 Å². The summed E-state index contributed by atoms with van der Waals surface area (Å²) >= 11 is 5.91. The van der Waals surface area contributed by atoms with Crippen molar-refractivity contribution in [2.75, 3.05) is 31.3 Å². The zero-order valence-electron chi connectivity index (χ0n) is 17.7. The van der Waals surface area contributed by atoms with E-state index in [0.29, 0.717) is 36.8 Å². The maximum atomic E-state index is 12.6. The number of aryl methyl sites for hydroxylation is 1. The largest absolute Gasteiger partial charge is 0.493 e. The van der Waals surface area contributed by atoms with Crippen molar-refractivity contribution < 1.29 is 27.5 Å². The van der Waals surface area contributed by atoms with Crippen LogP contribution in [0, 0.1) is 12.8 Å². The summed E-state index contributed by atoms with van der Waals surface area (Å²) < 4.78 is 34.3. The lowest BCUT2D eigenvalue weighted by Gasteiger charge is -2.29. The van der Waals surface area contributed by atoms with Gasteiger partial charge in [0.2, 0.25) is 0 Å². The third-order valence-corrected chi connectivity index (χ3v) is 6.79. The van der Waals surface area contributed by atoms with Crippen LogP contribution >= 0.6 is 11.6 Å². The van der Waals surface area contributed by atoms with E-state index in [1.807, 2.05) is 20.8 Å². The van der Waals surface area contributed by atoms with E-state index in [0.717, 1.165) is 5.56 Å². The van der Waals surface area contributed by atoms with E-state index < -0.39 is 15.8 Å². The minimum Gasteiger partial charge on any atom is -0.493 e. The Morgan fingerprint density at radius 3 is 2.63 bits per heavy atom. The first kappa shape index (κ1) is 24.5. The Kier molecular flexibility index (Phi) is 8.97. The molecule has 30 heavy (non-hydrogen) atoms. The van der Waals surface area contributed by atoms with Crippen molar-refractivity contribution in [1.29, 1.82) is 0 Å². The van der Waals surface area contributed by atoms with Crippen molar-refractivity contribution >= 4 is 33.3 Å². The van der Waals surface area contributed by atoms with Gasteiger partial charge in [-0.25, -0.2) is 8.42 Å². The fraction of sp³-hybridized carbons (Fsp3) is 0.619. The highest BCUT2D eigenvalue weighted by atomic mass is 35.5. The number of hydrogen-bond acceptors (Lipinski definition) is 6. The van der Waals surface area contributed by atoms with Crippen LogP contribution in [0.3, 0.4) is 0 Å². The molecule has 1 heterocycles. The highest BCUT2D eigenvalue weighted by molar-refractivity contribution is 7.91. The molecular formula is C21H30ClNO6S. The number of carbonyl (C=O) groups is 2. The van der Waals surface area contributed by atoms with Crippen molar-refractivity contribution in [2.24, 2.45) is 5.92 Å². The minimum absolute atomic E-state index is 0.0269. The third-order valence-electron chi connectivity index (χ3n) is 4.81. The van der Waals surface area contributed by atoms with Gasteiger partial charge in [-0.3, -0.25) is 9.59 Å². The Balaban J connectivity index is 1.75. The standard InChI is InChI=1S/C21H30ClNO6S/c1-15(2)12-23(18-8-10-30(26,27)14-18)20(24)13-29-21(25)5-4-9-28-19-7-6-17(22)11-16(19)3/h6-7,11,15,18H,4-5,8-10,12-14H2,1-3H3. The van der Waals surface area contributed by atoms with Crippen LogP contribution in [0.25, 0.3) is 0 Å². The van der Waals surface area contributed by atoms with E-state index in [9.17, 15) is 18.0 Å². The van der Waals surface area contributed by atoms with Crippen LogP contribution in [0.2, 0.25) is 5.02 Å². The highest BCUT2D eigenvalue weighted by Gasteiger charge is 2.35. The van der Waals surface area contributed by atoms with Gasteiger partial charge in [-0.1, -0.05) is 25.4 Å². The number of benzene rings is 1. The van der Waals surface area contributed by atoms with Gasteiger partial charge in [0, 0.05) is 24.0 Å². The van der Waals surface area contributed by atoms with Crippen LogP contribution in [-0.4, -0.2) is 62.5 Å². The lowest BCUT2D eigenvalue weighted by molar-refractivity contribution is -0.153. The van der Waals surface area contributed by atoms with E-state index in [1.165, 1.54) is 0 Å². The molecule has 1 amide bonds. The summed E-state index contributed by atoms with van der Waals surface area (Å²) in [4.78, 5) is 26.1. The number of sulfone groups is 1. The first-order valence-electron chi connectivity index (χ1n) is 10.1. The fourth-order valence-electron chi connectivity index (χ4n) is 3.34. The van der Waals surface area contributed by atoms with Gasteiger partial charge in [0.05, 0.1) is 18.1 Å². The first-order valence-corrected chi connectivity index (χ1v) is 12.3. The zero-order chi connectivity index (χ0) is 22.3. The van der Waals surface area contributed by atoms with Crippen LogP contribution in [0.1, 0.15) is 38.7 Å².